The normalized spacial score (nSPS) is 13.1. The zero-order valence-corrected chi connectivity index (χ0v) is 28.6. The molecule has 1 aromatic heterocycles. The summed E-state index contributed by atoms with van der Waals surface area (Å²) >= 11 is 0. The topological polar surface area (TPSA) is 16.4 Å². The van der Waals surface area contributed by atoms with Crippen molar-refractivity contribution in [2.24, 2.45) is 0 Å². The van der Waals surface area contributed by atoms with Crippen molar-refractivity contribution in [1.82, 2.24) is 0 Å². The largest absolute Gasteiger partial charge is 0.456 e. The molecule has 242 valence electrons. The van der Waals surface area contributed by atoms with E-state index in [1.165, 1.54) is 55.3 Å². The summed E-state index contributed by atoms with van der Waals surface area (Å²) in [6.07, 6.45) is 0. The van der Waals surface area contributed by atoms with Gasteiger partial charge in [0.25, 0.3) is 0 Å². The second-order valence-corrected chi connectivity index (χ2v) is 14.1. The van der Waals surface area contributed by atoms with Crippen molar-refractivity contribution in [2.45, 2.75) is 19.3 Å². The van der Waals surface area contributed by atoms with Crippen LogP contribution in [-0.2, 0) is 5.41 Å². The molecule has 1 aliphatic carbocycles. The van der Waals surface area contributed by atoms with Crippen LogP contribution in [0.15, 0.2) is 180 Å². The minimum absolute atomic E-state index is 0.0544. The Kier molecular flexibility index (Phi) is 6.56. The lowest BCUT2D eigenvalue weighted by molar-refractivity contribution is 0.660. The fourth-order valence-electron chi connectivity index (χ4n) is 8.35. The number of hydrogen-bond acceptors (Lipinski definition) is 2. The van der Waals surface area contributed by atoms with Crippen molar-refractivity contribution in [1.29, 1.82) is 0 Å². The Labute approximate surface area is 297 Å². The van der Waals surface area contributed by atoms with Crippen molar-refractivity contribution in [3.05, 3.63) is 187 Å². The van der Waals surface area contributed by atoms with Crippen LogP contribution in [0.4, 0.5) is 17.1 Å². The molecule has 0 spiro atoms. The monoisotopic (exact) mass is 653 g/mol. The van der Waals surface area contributed by atoms with Crippen LogP contribution < -0.4 is 4.90 Å². The molecule has 0 saturated carbocycles. The second-order valence-electron chi connectivity index (χ2n) is 14.1. The van der Waals surface area contributed by atoms with Crippen molar-refractivity contribution in [2.75, 3.05) is 4.90 Å². The Bertz CT molecular complexity index is 2760. The molecule has 0 unspecified atom stereocenters. The van der Waals surface area contributed by atoms with Gasteiger partial charge in [-0.1, -0.05) is 141 Å². The highest BCUT2D eigenvalue weighted by atomic mass is 16.3. The first-order valence-electron chi connectivity index (χ1n) is 17.7. The summed E-state index contributed by atoms with van der Waals surface area (Å²) in [6.45, 7) is 4.67. The summed E-state index contributed by atoms with van der Waals surface area (Å²) in [5, 5.41) is 4.70. The molecule has 0 bridgehead atoms. The SMILES string of the molecule is CC1(C)c2ccccc2-c2cc(N(c3ccc(-c4ccccc4)cc3)c3ccc4c(c3)oc3cc(-c5ccccc5)c5ccccc5c34)ccc21. The molecule has 1 heterocycles. The van der Waals surface area contributed by atoms with Gasteiger partial charge in [0.05, 0.1) is 0 Å². The summed E-state index contributed by atoms with van der Waals surface area (Å²) < 4.78 is 6.78. The van der Waals surface area contributed by atoms with Crippen LogP contribution in [0.25, 0.3) is 66.1 Å². The van der Waals surface area contributed by atoms with E-state index >= 15 is 0 Å². The molecule has 0 amide bonds. The predicted octanol–water partition coefficient (Wildman–Crippen LogP) is 13.8. The molecule has 8 aromatic carbocycles. The Balaban J connectivity index is 1.17. The average Bonchev–Trinajstić information content (AvgIpc) is 3.67. The highest BCUT2D eigenvalue weighted by Gasteiger charge is 2.35. The Hall–Kier alpha value is -6.38. The summed E-state index contributed by atoms with van der Waals surface area (Å²) in [6, 6.07) is 63.5. The first-order chi connectivity index (χ1) is 25.0. The van der Waals surface area contributed by atoms with Gasteiger partial charge in [-0.05, 0) is 97.7 Å². The molecule has 0 fully saturated rings. The van der Waals surface area contributed by atoms with Crippen LogP contribution in [-0.4, -0.2) is 0 Å². The van der Waals surface area contributed by atoms with Gasteiger partial charge in [0.15, 0.2) is 0 Å². The third-order valence-electron chi connectivity index (χ3n) is 10.9. The molecule has 0 atom stereocenters. The van der Waals surface area contributed by atoms with Crippen LogP contribution in [0.1, 0.15) is 25.0 Å². The Morgan fingerprint density at radius 3 is 1.76 bits per heavy atom. The first kappa shape index (κ1) is 29.5. The van der Waals surface area contributed by atoms with E-state index in [1.54, 1.807) is 0 Å². The van der Waals surface area contributed by atoms with Gasteiger partial charge in [-0.15, -0.1) is 0 Å². The molecule has 0 saturated heterocycles. The van der Waals surface area contributed by atoms with Crippen LogP contribution in [0, 0.1) is 0 Å². The lowest BCUT2D eigenvalue weighted by Crippen LogP contribution is -2.15. The molecule has 0 aliphatic heterocycles. The van der Waals surface area contributed by atoms with E-state index in [0.29, 0.717) is 0 Å². The van der Waals surface area contributed by atoms with E-state index in [4.69, 9.17) is 4.42 Å². The fourth-order valence-corrected chi connectivity index (χ4v) is 8.35. The van der Waals surface area contributed by atoms with Crippen LogP contribution in [0.2, 0.25) is 0 Å². The van der Waals surface area contributed by atoms with Gasteiger partial charge in [0.1, 0.15) is 11.2 Å². The van der Waals surface area contributed by atoms with Crippen molar-refractivity contribution in [3.63, 3.8) is 0 Å². The molecule has 1 aliphatic rings. The molecule has 2 heteroatoms. The quantitative estimate of drug-likeness (QED) is 0.184. The van der Waals surface area contributed by atoms with Gasteiger partial charge >= 0.3 is 0 Å². The molecule has 10 rings (SSSR count). The van der Waals surface area contributed by atoms with E-state index in [-0.39, 0.29) is 5.41 Å². The number of furan rings is 1. The highest BCUT2D eigenvalue weighted by molar-refractivity contribution is 6.22. The minimum atomic E-state index is -0.0544. The van der Waals surface area contributed by atoms with Crippen molar-refractivity contribution >= 4 is 49.8 Å². The summed E-state index contributed by atoms with van der Waals surface area (Å²) in [7, 11) is 0. The molecular formula is C49H35NO. The van der Waals surface area contributed by atoms with Crippen LogP contribution >= 0.6 is 0 Å². The fraction of sp³-hybridized carbons (Fsp3) is 0.0612. The molecular weight excluding hydrogens is 619 g/mol. The van der Waals surface area contributed by atoms with Gasteiger partial charge in [-0.2, -0.15) is 0 Å². The molecule has 0 radical (unpaired) electrons. The van der Waals surface area contributed by atoms with Gasteiger partial charge in [0, 0.05) is 39.3 Å². The zero-order valence-electron chi connectivity index (χ0n) is 28.6. The lowest BCUT2D eigenvalue weighted by Gasteiger charge is -2.27. The number of benzene rings is 8. The third-order valence-corrected chi connectivity index (χ3v) is 10.9. The van der Waals surface area contributed by atoms with E-state index in [0.717, 1.165) is 39.0 Å². The summed E-state index contributed by atoms with van der Waals surface area (Å²) in [4.78, 5) is 2.36. The third kappa shape index (κ3) is 4.64. The second kappa shape index (κ2) is 11.3. The van der Waals surface area contributed by atoms with Crippen LogP contribution in [0.3, 0.4) is 0 Å². The maximum Gasteiger partial charge on any atom is 0.137 e. The van der Waals surface area contributed by atoms with Crippen LogP contribution in [0.5, 0.6) is 0 Å². The van der Waals surface area contributed by atoms with E-state index in [1.807, 2.05) is 0 Å². The number of hydrogen-bond donors (Lipinski definition) is 0. The predicted molar refractivity (Wildman–Crippen MR) is 214 cm³/mol. The van der Waals surface area contributed by atoms with E-state index in [9.17, 15) is 0 Å². The number of nitrogens with zero attached hydrogens (tertiary/aromatic N) is 1. The van der Waals surface area contributed by atoms with Crippen molar-refractivity contribution in [3.8, 4) is 33.4 Å². The Morgan fingerprint density at radius 2 is 0.980 bits per heavy atom. The highest BCUT2D eigenvalue weighted by Crippen LogP contribution is 2.51. The summed E-state index contributed by atoms with van der Waals surface area (Å²) in [5.74, 6) is 0. The molecule has 9 aromatic rings. The number of fused-ring (bicyclic) bond motifs is 8. The maximum atomic E-state index is 6.78. The maximum absolute atomic E-state index is 6.78. The van der Waals surface area contributed by atoms with E-state index in [2.05, 4.69) is 195 Å². The molecule has 2 nitrogen and oxygen atoms in total. The van der Waals surface area contributed by atoms with Gasteiger partial charge in [-0.25, -0.2) is 0 Å². The lowest BCUT2D eigenvalue weighted by atomic mass is 9.82. The summed E-state index contributed by atoms with van der Waals surface area (Å²) in [5.41, 5.74) is 15.1. The van der Waals surface area contributed by atoms with Gasteiger partial charge in [0.2, 0.25) is 0 Å². The molecule has 51 heavy (non-hydrogen) atoms. The van der Waals surface area contributed by atoms with Gasteiger partial charge in [-0.3, -0.25) is 0 Å². The standard InChI is InChI=1S/C49H35NO/c1-49(2)44-20-12-11-18-39(44)43-29-36(26-28-45(43)49)50(35-23-21-33(22-24-35)32-13-5-3-6-14-32)37-25-27-41-46(30-37)51-47-31-42(34-15-7-4-8-16-34)38-17-9-10-19-40(38)48(41)47/h3-31H,1-2H3. The molecule has 0 N–H and O–H groups in total. The Morgan fingerprint density at radius 1 is 0.392 bits per heavy atom. The minimum Gasteiger partial charge on any atom is -0.456 e. The average molecular weight is 654 g/mol. The van der Waals surface area contributed by atoms with Crippen molar-refractivity contribution < 1.29 is 4.42 Å². The smallest absolute Gasteiger partial charge is 0.137 e. The zero-order chi connectivity index (χ0) is 34.1. The first-order valence-corrected chi connectivity index (χ1v) is 17.7. The van der Waals surface area contributed by atoms with E-state index < -0.39 is 0 Å². The number of anilines is 3. The van der Waals surface area contributed by atoms with Gasteiger partial charge < -0.3 is 9.32 Å². The number of rotatable bonds is 5.